The number of amides is 2. The zero-order valence-corrected chi connectivity index (χ0v) is 21.5. The van der Waals surface area contributed by atoms with Crippen LogP contribution in [0.25, 0.3) is 16.8 Å². The van der Waals surface area contributed by atoms with Gasteiger partial charge in [0, 0.05) is 24.5 Å². The molecule has 0 radical (unpaired) electrons. The number of rotatable bonds is 7. The lowest BCUT2D eigenvalue weighted by molar-refractivity contribution is -0.126. The monoisotopic (exact) mass is 527 g/mol. The first-order chi connectivity index (χ1) is 18.9. The topological polar surface area (TPSA) is 112 Å². The van der Waals surface area contributed by atoms with E-state index in [-0.39, 0.29) is 29.9 Å². The molecule has 1 atom stereocenters. The van der Waals surface area contributed by atoms with Crippen LogP contribution in [0.15, 0.2) is 54.9 Å². The molecule has 9 nitrogen and oxygen atoms in total. The van der Waals surface area contributed by atoms with Crippen LogP contribution in [0.2, 0.25) is 0 Å². The summed E-state index contributed by atoms with van der Waals surface area (Å²) in [5.74, 6) is 5.10. The zero-order valence-electron chi connectivity index (χ0n) is 21.5. The molecule has 2 aromatic heterocycles. The quantitative estimate of drug-likeness (QED) is 0.363. The Morgan fingerprint density at radius 1 is 1.18 bits per heavy atom. The number of hydrogen-bond donors (Lipinski definition) is 1. The van der Waals surface area contributed by atoms with Gasteiger partial charge in [0.25, 0.3) is 5.91 Å². The summed E-state index contributed by atoms with van der Waals surface area (Å²) in [6.07, 6.45) is 4.82. The number of fused-ring (bicyclic) bond motifs is 1. The molecule has 2 N–H and O–H groups in total. The van der Waals surface area contributed by atoms with Crippen molar-refractivity contribution in [3.63, 3.8) is 0 Å². The molecular weight excluding hydrogens is 501 g/mol. The van der Waals surface area contributed by atoms with Crippen LogP contribution in [0.1, 0.15) is 37.3 Å². The fourth-order valence-electron chi connectivity index (χ4n) is 4.85. The largest absolute Gasteiger partial charge is 0.494 e. The second-order valence-electron chi connectivity index (χ2n) is 8.98. The van der Waals surface area contributed by atoms with Gasteiger partial charge in [-0.1, -0.05) is 12.0 Å². The number of ether oxygens (including phenoxy) is 2. The molecule has 1 aliphatic rings. The lowest BCUT2D eigenvalue weighted by Crippen LogP contribution is -2.30. The number of aromatic nitrogens is 3. The van der Waals surface area contributed by atoms with Gasteiger partial charge in [-0.15, -0.1) is 0 Å². The molecule has 198 valence electrons. The van der Waals surface area contributed by atoms with E-state index in [0.717, 1.165) is 18.4 Å². The van der Waals surface area contributed by atoms with E-state index in [1.54, 1.807) is 54.5 Å². The molecular formula is C29H26FN5O4. The van der Waals surface area contributed by atoms with E-state index >= 15 is 0 Å². The number of nitrogens with zero attached hydrogens (tertiary/aromatic N) is 4. The third-order valence-corrected chi connectivity index (χ3v) is 6.55. The second-order valence-corrected chi connectivity index (χ2v) is 8.98. The van der Waals surface area contributed by atoms with Gasteiger partial charge in [-0.3, -0.25) is 19.0 Å². The van der Waals surface area contributed by atoms with Gasteiger partial charge in [0.1, 0.15) is 11.6 Å². The van der Waals surface area contributed by atoms with E-state index in [1.165, 1.54) is 19.2 Å². The van der Waals surface area contributed by atoms with Gasteiger partial charge in [-0.25, -0.2) is 4.98 Å². The van der Waals surface area contributed by atoms with Gasteiger partial charge in [-0.2, -0.15) is 4.39 Å². The number of primary amides is 1. The Morgan fingerprint density at radius 3 is 2.67 bits per heavy atom. The van der Waals surface area contributed by atoms with Crippen molar-refractivity contribution in [1.29, 1.82) is 0 Å². The Kier molecular flexibility index (Phi) is 7.14. The fraction of sp³-hybridized carbons (Fsp3) is 0.241. The molecule has 1 aliphatic heterocycles. The standard InChI is InChI=1S/C29H26FN5O4/c1-3-6-25(37)34-15-5-7-21(34)29-33-27(28-20(17-24(31)36)32-14-16-35(28)29)18-10-12-19(13-11-18)39-23-9-4-8-22(38-2)26(23)30/h4,8-14,16,21H,5,7,15,17H2,1-2H3,(H2,31,36)/t21-/m0/s1. The van der Waals surface area contributed by atoms with Crippen molar-refractivity contribution < 1.29 is 23.5 Å². The first-order valence-corrected chi connectivity index (χ1v) is 12.4. The SMILES string of the molecule is CC#CC(=O)N1CCC[C@H]1c1nc(-c2ccc(Oc3cccc(OC)c3F)cc2)c2c(CC(N)=O)nccn12. The van der Waals surface area contributed by atoms with E-state index in [2.05, 4.69) is 16.8 Å². The number of nitrogens with two attached hydrogens (primary N) is 1. The highest BCUT2D eigenvalue weighted by Gasteiger charge is 2.33. The van der Waals surface area contributed by atoms with E-state index in [9.17, 15) is 14.0 Å². The first-order valence-electron chi connectivity index (χ1n) is 12.4. The zero-order chi connectivity index (χ0) is 27.5. The number of likely N-dealkylation sites (tertiary alicyclic amines) is 1. The predicted molar refractivity (Wildman–Crippen MR) is 141 cm³/mol. The van der Waals surface area contributed by atoms with Gasteiger partial charge in [0.15, 0.2) is 11.5 Å². The minimum Gasteiger partial charge on any atom is -0.494 e. The van der Waals surface area contributed by atoms with Crippen LogP contribution in [-0.2, 0) is 16.0 Å². The molecule has 0 aliphatic carbocycles. The number of hydrogen-bond acceptors (Lipinski definition) is 6. The number of carbonyl (C=O) groups is 2. The van der Waals surface area contributed by atoms with Crippen LogP contribution >= 0.6 is 0 Å². The Hall–Kier alpha value is -4.91. The van der Waals surface area contributed by atoms with Crippen molar-refractivity contribution in [3.05, 3.63) is 72.2 Å². The number of imidazole rings is 1. The molecule has 10 heteroatoms. The summed E-state index contributed by atoms with van der Waals surface area (Å²) in [7, 11) is 1.39. The maximum absolute atomic E-state index is 14.6. The Bertz CT molecular complexity index is 1620. The number of halogens is 1. The third kappa shape index (κ3) is 4.99. The predicted octanol–water partition coefficient (Wildman–Crippen LogP) is 4.05. The van der Waals surface area contributed by atoms with Crippen LogP contribution < -0.4 is 15.2 Å². The molecule has 0 saturated carbocycles. The van der Waals surface area contributed by atoms with Crippen molar-refractivity contribution in [2.45, 2.75) is 32.2 Å². The van der Waals surface area contributed by atoms with Gasteiger partial charge >= 0.3 is 0 Å². The average molecular weight is 528 g/mol. The molecule has 0 bridgehead atoms. The number of benzene rings is 2. The van der Waals surface area contributed by atoms with E-state index in [4.69, 9.17) is 20.2 Å². The number of methoxy groups -OCH3 is 1. The molecule has 0 unspecified atom stereocenters. The lowest BCUT2D eigenvalue weighted by atomic mass is 10.1. The summed E-state index contributed by atoms with van der Waals surface area (Å²) in [6, 6.07) is 11.4. The van der Waals surface area contributed by atoms with Crippen LogP contribution in [-0.4, -0.2) is 44.7 Å². The summed E-state index contributed by atoms with van der Waals surface area (Å²) >= 11 is 0. The summed E-state index contributed by atoms with van der Waals surface area (Å²) in [5.41, 5.74) is 7.92. The Morgan fingerprint density at radius 2 is 1.95 bits per heavy atom. The third-order valence-electron chi connectivity index (χ3n) is 6.55. The van der Waals surface area contributed by atoms with Crippen molar-refractivity contribution in [1.82, 2.24) is 19.3 Å². The summed E-state index contributed by atoms with van der Waals surface area (Å²) in [5, 5.41) is 0. The number of carbonyl (C=O) groups excluding carboxylic acids is 2. The lowest BCUT2D eigenvalue weighted by Gasteiger charge is -2.21. The Balaban J connectivity index is 1.57. The summed E-state index contributed by atoms with van der Waals surface area (Å²) in [4.78, 5) is 35.7. The fourth-order valence-corrected chi connectivity index (χ4v) is 4.85. The minimum atomic E-state index is -0.598. The van der Waals surface area contributed by atoms with Crippen molar-refractivity contribution in [2.24, 2.45) is 5.73 Å². The summed E-state index contributed by atoms with van der Waals surface area (Å²) in [6.45, 7) is 2.21. The molecule has 1 saturated heterocycles. The molecule has 2 amide bonds. The minimum absolute atomic E-state index is 0.0333. The van der Waals surface area contributed by atoms with Crippen molar-refractivity contribution in [3.8, 4) is 40.3 Å². The highest BCUT2D eigenvalue weighted by atomic mass is 19.1. The van der Waals surface area contributed by atoms with Crippen molar-refractivity contribution >= 4 is 17.3 Å². The van der Waals surface area contributed by atoms with Gasteiger partial charge in [0.2, 0.25) is 11.7 Å². The van der Waals surface area contributed by atoms with Crippen molar-refractivity contribution in [2.75, 3.05) is 13.7 Å². The molecule has 3 heterocycles. The van der Waals surface area contributed by atoms with E-state index < -0.39 is 11.7 Å². The first kappa shape index (κ1) is 25.7. The van der Waals surface area contributed by atoms with Crippen LogP contribution in [0, 0.1) is 17.7 Å². The maximum Gasteiger partial charge on any atom is 0.299 e. The highest BCUT2D eigenvalue weighted by Crippen LogP contribution is 2.37. The van der Waals surface area contributed by atoms with Gasteiger partial charge in [0.05, 0.1) is 36.5 Å². The van der Waals surface area contributed by atoms with E-state index in [1.807, 2.05) is 4.40 Å². The molecule has 1 fully saturated rings. The van der Waals surface area contributed by atoms with Gasteiger partial charge in [-0.05, 0) is 62.1 Å². The normalized spacial score (nSPS) is 14.6. The van der Waals surface area contributed by atoms with Crippen LogP contribution in [0.4, 0.5) is 4.39 Å². The molecule has 39 heavy (non-hydrogen) atoms. The highest BCUT2D eigenvalue weighted by molar-refractivity contribution is 5.94. The van der Waals surface area contributed by atoms with Gasteiger partial charge < -0.3 is 20.1 Å². The molecule has 4 aromatic rings. The average Bonchev–Trinajstić information content (AvgIpc) is 3.56. The maximum atomic E-state index is 14.6. The van der Waals surface area contributed by atoms with Crippen LogP contribution in [0.3, 0.4) is 0 Å². The molecule has 0 spiro atoms. The summed E-state index contributed by atoms with van der Waals surface area (Å²) < 4.78 is 27.2. The Labute approximate surface area is 224 Å². The molecule has 2 aromatic carbocycles. The van der Waals surface area contributed by atoms with Crippen LogP contribution in [0.5, 0.6) is 17.2 Å². The molecule has 5 rings (SSSR count). The smallest absolute Gasteiger partial charge is 0.299 e. The van der Waals surface area contributed by atoms with E-state index in [0.29, 0.717) is 35.0 Å². The second kappa shape index (κ2) is 10.8.